The van der Waals surface area contributed by atoms with Crippen molar-refractivity contribution >= 4 is 17.5 Å². The van der Waals surface area contributed by atoms with Crippen molar-refractivity contribution in [1.29, 1.82) is 0 Å². The lowest BCUT2D eigenvalue weighted by molar-refractivity contribution is -0.119. The molecule has 0 aromatic carbocycles. The van der Waals surface area contributed by atoms with Gasteiger partial charge < -0.3 is 5.32 Å². The van der Waals surface area contributed by atoms with E-state index in [2.05, 4.69) is 5.32 Å². The Balaban J connectivity index is 1.85. The summed E-state index contributed by atoms with van der Waals surface area (Å²) in [7, 11) is 0. The van der Waals surface area contributed by atoms with Crippen molar-refractivity contribution < 1.29 is 4.79 Å². The molecule has 3 heteroatoms. The first-order valence-corrected chi connectivity index (χ1v) is 5.66. The fraction of sp³-hybridized carbons (Fsp3) is 0.900. The first-order valence-electron chi connectivity index (χ1n) is 5.13. The maximum absolute atomic E-state index is 11.1. The second-order valence-electron chi connectivity index (χ2n) is 4.41. The van der Waals surface area contributed by atoms with Crippen LogP contribution in [-0.2, 0) is 4.79 Å². The van der Waals surface area contributed by atoms with Gasteiger partial charge in [-0.25, -0.2) is 0 Å². The van der Waals surface area contributed by atoms with E-state index in [0.717, 1.165) is 11.8 Å². The molecule has 0 spiro atoms. The summed E-state index contributed by atoms with van der Waals surface area (Å²) < 4.78 is 0. The number of halogens is 1. The maximum atomic E-state index is 11.1. The second-order valence-corrected chi connectivity index (χ2v) is 4.68. The molecule has 2 aliphatic carbocycles. The van der Waals surface area contributed by atoms with Gasteiger partial charge in [0, 0.05) is 6.04 Å². The van der Waals surface area contributed by atoms with E-state index >= 15 is 0 Å². The van der Waals surface area contributed by atoms with Gasteiger partial charge in [-0.3, -0.25) is 4.79 Å². The highest BCUT2D eigenvalue weighted by molar-refractivity contribution is 6.27. The summed E-state index contributed by atoms with van der Waals surface area (Å²) in [4.78, 5) is 11.1. The Morgan fingerprint density at radius 1 is 1.23 bits per heavy atom. The number of amides is 1. The molecular formula is C10H16ClNO. The molecule has 2 fully saturated rings. The van der Waals surface area contributed by atoms with Gasteiger partial charge in [-0.2, -0.15) is 0 Å². The minimum Gasteiger partial charge on any atom is -0.352 e. The molecule has 13 heavy (non-hydrogen) atoms. The molecule has 2 nitrogen and oxygen atoms in total. The highest BCUT2D eigenvalue weighted by Crippen LogP contribution is 2.41. The fourth-order valence-corrected chi connectivity index (χ4v) is 2.97. The SMILES string of the molecule is O=C(CCl)NC1CC2CCC(C2)C1. The number of nitrogens with one attached hydrogen (secondary N) is 1. The van der Waals surface area contributed by atoms with E-state index < -0.39 is 0 Å². The van der Waals surface area contributed by atoms with Crippen molar-refractivity contribution in [2.75, 3.05) is 5.88 Å². The minimum absolute atomic E-state index is 0.00651. The zero-order valence-electron chi connectivity index (χ0n) is 7.76. The van der Waals surface area contributed by atoms with Crippen LogP contribution in [0.2, 0.25) is 0 Å². The van der Waals surface area contributed by atoms with Gasteiger partial charge in [-0.15, -0.1) is 11.6 Å². The van der Waals surface area contributed by atoms with Gasteiger partial charge in [0.05, 0.1) is 0 Å². The van der Waals surface area contributed by atoms with Gasteiger partial charge in [0.25, 0.3) is 0 Å². The monoisotopic (exact) mass is 201 g/mol. The molecule has 74 valence electrons. The average molecular weight is 202 g/mol. The first kappa shape index (κ1) is 9.32. The Morgan fingerprint density at radius 2 is 1.85 bits per heavy atom. The van der Waals surface area contributed by atoms with Crippen molar-refractivity contribution in [3.63, 3.8) is 0 Å². The highest BCUT2D eigenvalue weighted by Gasteiger charge is 2.34. The quantitative estimate of drug-likeness (QED) is 0.680. The van der Waals surface area contributed by atoms with Crippen LogP contribution in [0.4, 0.5) is 0 Å². The molecule has 0 heterocycles. The number of carbonyl (C=O) groups is 1. The minimum atomic E-state index is -0.00651. The van der Waals surface area contributed by atoms with Gasteiger partial charge in [-0.05, 0) is 31.1 Å². The van der Waals surface area contributed by atoms with E-state index in [1.54, 1.807) is 0 Å². The molecule has 2 saturated carbocycles. The molecule has 2 atom stereocenters. The smallest absolute Gasteiger partial charge is 0.235 e. The third kappa shape index (κ3) is 2.16. The van der Waals surface area contributed by atoms with Crippen molar-refractivity contribution in [2.24, 2.45) is 11.8 Å². The molecule has 2 rings (SSSR count). The Labute approximate surface area is 84.0 Å². The zero-order chi connectivity index (χ0) is 9.26. The van der Waals surface area contributed by atoms with Crippen LogP contribution in [0.3, 0.4) is 0 Å². The van der Waals surface area contributed by atoms with Crippen LogP contribution in [0.1, 0.15) is 32.1 Å². The molecule has 0 radical (unpaired) electrons. The number of alkyl halides is 1. The van der Waals surface area contributed by atoms with E-state index in [-0.39, 0.29) is 11.8 Å². The van der Waals surface area contributed by atoms with Crippen LogP contribution in [0, 0.1) is 11.8 Å². The van der Waals surface area contributed by atoms with Crippen molar-refractivity contribution in [2.45, 2.75) is 38.1 Å². The summed E-state index contributed by atoms with van der Waals surface area (Å²) in [5, 5.41) is 3.00. The normalized spacial score (nSPS) is 37.5. The average Bonchev–Trinajstić information content (AvgIpc) is 2.46. The number of hydrogen-bond donors (Lipinski definition) is 1. The van der Waals surface area contributed by atoms with Gasteiger partial charge in [0.2, 0.25) is 5.91 Å². The van der Waals surface area contributed by atoms with E-state index in [1.165, 1.54) is 32.1 Å². The molecular weight excluding hydrogens is 186 g/mol. The highest BCUT2D eigenvalue weighted by atomic mass is 35.5. The Morgan fingerprint density at radius 3 is 2.38 bits per heavy atom. The van der Waals surface area contributed by atoms with E-state index in [1.807, 2.05) is 0 Å². The van der Waals surface area contributed by atoms with Crippen LogP contribution in [0.15, 0.2) is 0 Å². The topological polar surface area (TPSA) is 29.1 Å². The van der Waals surface area contributed by atoms with E-state index in [0.29, 0.717) is 6.04 Å². The van der Waals surface area contributed by atoms with Crippen molar-refractivity contribution in [3.05, 3.63) is 0 Å². The van der Waals surface area contributed by atoms with Gasteiger partial charge >= 0.3 is 0 Å². The van der Waals surface area contributed by atoms with Crippen LogP contribution < -0.4 is 5.32 Å². The molecule has 2 unspecified atom stereocenters. The maximum Gasteiger partial charge on any atom is 0.235 e. The lowest BCUT2D eigenvalue weighted by atomic mass is 9.85. The Bertz CT molecular complexity index is 195. The van der Waals surface area contributed by atoms with Crippen LogP contribution in [-0.4, -0.2) is 17.8 Å². The zero-order valence-corrected chi connectivity index (χ0v) is 8.52. The third-order valence-corrected chi connectivity index (χ3v) is 3.61. The van der Waals surface area contributed by atoms with Gasteiger partial charge in [0.1, 0.15) is 5.88 Å². The lowest BCUT2D eigenvalue weighted by Crippen LogP contribution is -2.39. The van der Waals surface area contributed by atoms with Crippen molar-refractivity contribution in [1.82, 2.24) is 5.32 Å². The molecule has 0 aliphatic heterocycles. The summed E-state index contributed by atoms with van der Waals surface area (Å²) in [6.45, 7) is 0. The van der Waals surface area contributed by atoms with Crippen LogP contribution >= 0.6 is 11.6 Å². The molecule has 2 bridgehead atoms. The van der Waals surface area contributed by atoms with Crippen LogP contribution in [0.5, 0.6) is 0 Å². The van der Waals surface area contributed by atoms with Crippen molar-refractivity contribution in [3.8, 4) is 0 Å². The summed E-state index contributed by atoms with van der Waals surface area (Å²) in [5.74, 6) is 1.85. The van der Waals surface area contributed by atoms with Gasteiger partial charge in [-0.1, -0.05) is 12.8 Å². The molecule has 2 aliphatic rings. The molecule has 1 N–H and O–H groups in total. The Hall–Kier alpha value is -0.240. The van der Waals surface area contributed by atoms with E-state index in [9.17, 15) is 4.79 Å². The first-order chi connectivity index (χ1) is 6.28. The number of rotatable bonds is 2. The summed E-state index contributed by atoms with van der Waals surface area (Å²) in [6.07, 6.45) is 6.50. The largest absolute Gasteiger partial charge is 0.352 e. The predicted molar refractivity (Wildman–Crippen MR) is 52.7 cm³/mol. The summed E-state index contributed by atoms with van der Waals surface area (Å²) in [5.41, 5.74) is 0. The molecule has 0 aromatic heterocycles. The Kier molecular flexibility index (Phi) is 2.77. The molecule has 0 aromatic rings. The standard InChI is InChI=1S/C10H16ClNO/c11-6-10(13)12-9-4-7-1-2-8(3-7)5-9/h7-9H,1-6H2,(H,12,13). The predicted octanol–water partition coefficient (Wildman–Crippen LogP) is 1.92. The number of hydrogen-bond acceptors (Lipinski definition) is 1. The van der Waals surface area contributed by atoms with E-state index in [4.69, 9.17) is 11.6 Å². The van der Waals surface area contributed by atoms with Gasteiger partial charge in [0.15, 0.2) is 0 Å². The summed E-state index contributed by atoms with van der Waals surface area (Å²) >= 11 is 5.45. The lowest BCUT2D eigenvalue weighted by Gasteiger charge is -2.28. The number of carbonyl (C=O) groups excluding carboxylic acids is 1. The third-order valence-electron chi connectivity index (χ3n) is 3.37. The number of fused-ring (bicyclic) bond motifs is 2. The fourth-order valence-electron chi connectivity index (χ4n) is 2.89. The second kappa shape index (κ2) is 3.87. The molecule has 0 saturated heterocycles. The molecule has 1 amide bonds. The van der Waals surface area contributed by atoms with Crippen LogP contribution in [0.25, 0.3) is 0 Å². The summed E-state index contributed by atoms with van der Waals surface area (Å²) in [6, 6.07) is 0.414.